The zero-order valence-corrected chi connectivity index (χ0v) is 8.72. The first kappa shape index (κ1) is 10.4. The minimum absolute atomic E-state index is 0.200. The Labute approximate surface area is 93.1 Å². The van der Waals surface area contributed by atoms with Gasteiger partial charge in [-0.1, -0.05) is 12.1 Å². The summed E-state index contributed by atoms with van der Waals surface area (Å²) >= 11 is 0. The summed E-state index contributed by atoms with van der Waals surface area (Å²) in [6.07, 6.45) is 5.60. The van der Waals surface area contributed by atoms with Gasteiger partial charge in [-0.25, -0.2) is 4.79 Å². The molecule has 0 spiro atoms. The van der Waals surface area contributed by atoms with Gasteiger partial charge in [0.2, 0.25) is 6.08 Å². The van der Waals surface area contributed by atoms with Crippen molar-refractivity contribution < 1.29 is 9.21 Å². The molecule has 1 atom stereocenters. The minimum atomic E-state index is -0.200. The lowest BCUT2D eigenvalue weighted by Crippen LogP contribution is -1.93. The van der Waals surface area contributed by atoms with Crippen molar-refractivity contribution >= 4 is 17.0 Å². The van der Waals surface area contributed by atoms with Gasteiger partial charge < -0.3 is 4.42 Å². The highest BCUT2D eigenvalue weighted by Crippen LogP contribution is 2.25. The Balaban J connectivity index is 2.42. The van der Waals surface area contributed by atoms with E-state index in [4.69, 9.17) is 4.42 Å². The number of hydrogen-bond donors (Lipinski definition) is 0. The quantitative estimate of drug-likeness (QED) is 0.444. The third-order valence-electron chi connectivity index (χ3n) is 2.46. The predicted molar refractivity (Wildman–Crippen MR) is 61.9 cm³/mol. The van der Waals surface area contributed by atoms with E-state index in [2.05, 4.69) is 11.6 Å². The molecule has 0 saturated carbocycles. The Morgan fingerprint density at radius 1 is 1.50 bits per heavy atom. The van der Waals surface area contributed by atoms with E-state index in [1.807, 2.05) is 24.3 Å². The average molecular weight is 213 g/mol. The second-order valence-corrected chi connectivity index (χ2v) is 3.48. The van der Waals surface area contributed by atoms with Gasteiger partial charge in [-0.2, -0.15) is 4.99 Å². The first-order valence-corrected chi connectivity index (χ1v) is 5.00. The van der Waals surface area contributed by atoms with Crippen LogP contribution in [0, 0.1) is 0 Å². The lowest BCUT2D eigenvalue weighted by Gasteiger charge is -2.07. The van der Waals surface area contributed by atoms with Crippen LogP contribution in [0.1, 0.15) is 18.0 Å². The summed E-state index contributed by atoms with van der Waals surface area (Å²) < 4.78 is 5.24. The third-order valence-corrected chi connectivity index (χ3v) is 2.46. The molecule has 1 heterocycles. The van der Waals surface area contributed by atoms with E-state index >= 15 is 0 Å². The molecular weight excluding hydrogens is 202 g/mol. The second-order valence-electron chi connectivity index (χ2n) is 3.48. The van der Waals surface area contributed by atoms with E-state index in [0.29, 0.717) is 6.42 Å². The van der Waals surface area contributed by atoms with Crippen molar-refractivity contribution in [3.8, 4) is 0 Å². The Kier molecular flexibility index (Phi) is 2.99. The van der Waals surface area contributed by atoms with E-state index in [0.717, 1.165) is 16.5 Å². The average Bonchev–Trinajstić information content (AvgIpc) is 2.75. The number of aliphatic imine (C=N–C) groups is 1. The van der Waals surface area contributed by atoms with Crippen molar-refractivity contribution in [1.82, 2.24) is 0 Å². The summed E-state index contributed by atoms with van der Waals surface area (Å²) in [7, 11) is 0. The summed E-state index contributed by atoms with van der Waals surface area (Å²) in [5, 5.41) is 1.01. The highest BCUT2D eigenvalue weighted by molar-refractivity contribution is 5.77. The van der Waals surface area contributed by atoms with Gasteiger partial charge in [0.1, 0.15) is 5.58 Å². The van der Waals surface area contributed by atoms with Crippen molar-refractivity contribution in [2.24, 2.45) is 4.99 Å². The van der Waals surface area contributed by atoms with Gasteiger partial charge in [-0.3, -0.25) is 0 Å². The fraction of sp³-hybridized carbons (Fsp3) is 0.154. The Bertz CT molecular complexity index is 550. The van der Waals surface area contributed by atoms with Crippen LogP contribution in [0.5, 0.6) is 0 Å². The molecule has 3 nitrogen and oxygen atoms in total. The standard InChI is InChI=1S/C13H11NO2/c1-2-3-12(14-9-15)10-4-5-13-11(8-10)6-7-16-13/h2,4-8,12H,1,3H2/t12-/m1/s1. The van der Waals surface area contributed by atoms with Gasteiger partial charge in [-0.15, -0.1) is 6.58 Å². The molecule has 2 rings (SSSR count). The molecule has 0 bridgehead atoms. The van der Waals surface area contributed by atoms with Crippen molar-refractivity contribution in [2.75, 3.05) is 0 Å². The summed E-state index contributed by atoms with van der Waals surface area (Å²) in [5.74, 6) is 0. The molecule has 0 aliphatic carbocycles. The molecule has 0 amide bonds. The largest absolute Gasteiger partial charge is 0.464 e. The highest BCUT2D eigenvalue weighted by atomic mass is 16.3. The van der Waals surface area contributed by atoms with E-state index in [1.54, 1.807) is 18.4 Å². The Hall–Kier alpha value is -2.12. The van der Waals surface area contributed by atoms with Crippen molar-refractivity contribution in [3.63, 3.8) is 0 Å². The number of hydrogen-bond acceptors (Lipinski definition) is 3. The van der Waals surface area contributed by atoms with Gasteiger partial charge >= 0.3 is 0 Å². The summed E-state index contributed by atoms with van der Waals surface area (Å²) in [5.41, 5.74) is 1.80. The lowest BCUT2D eigenvalue weighted by molar-refractivity contribution is 0.557. The molecule has 0 aliphatic rings. The van der Waals surface area contributed by atoms with E-state index < -0.39 is 0 Å². The monoisotopic (exact) mass is 213 g/mol. The van der Waals surface area contributed by atoms with Crippen LogP contribution >= 0.6 is 0 Å². The van der Waals surface area contributed by atoms with Crippen molar-refractivity contribution in [1.29, 1.82) is 0 Å². The number of carbonyl (C=O) groups excluding carboxylic acids is 1. The van der Waals surface area contributed by atoms with Crippen LogP contribution in [0.2, 0.25) is 0 Å². The molecule has 0 fully saturated rings. The summed E-state index contributed by atoms with van der Waals surface area (Å²) in [4.78, 5) is 14.1. The van der Waals surface area contributed by atoms with E-state index in [9.17, 15) is 4.79 Å². The van der Waals surface area contributed by atoms with Gasteiger partial charge in [0.05, 0.1) is 12.3 Å². The van der Waals surface area contributed by atoms with Crippen LogP contribution in [0.4, 0.5) is 0 Å². The van der Waals surface area contributed by atoms with Gasteiger partial charge in [0, 0.05) is 5.39 Å². The number of fused-ring (bicyclic) bond motifs is 1. The fourth-order valence-corrected chi connectivity index (χ4v) is 1.68. The summed E-state index contributed by atoms with van der Waals surface area (Å²) in [6, 6.07) is 7.43. The van der Waals surface area contributed by atoms with Crippen LogP contribution in [0.15, 0.2) is 52.6 Å². The maximum atomic E-state index is 10.3. The zero-order chi connectivity index (χ0) is 11.4. The maximum absolute atomic E-state index is 10.3. The normalized spacial score (nSPS) is 12.0. The van der Waals surface area contributed by atoms with Crippen molar-refractivity contribution in [3.05, 3.63) is 48.7 Å². The van der Waals surface area contributed by atoms with Crippen LogP contribution in [0.3, 0.4) is 0 Å². The highest BCUT2D eigenvalue weighted by Gasteiger charge is 2.09. The predicted octanol–water partition coefficient (Wildman–Crippen LogP) is 3.39. The van der Waals surface area contributed by atoms with Crippen LogP contribution in [-0.2, 0) is 4.79 Å². The molecule has 80 valence electrons. The zero-order valence-electron chi connectivity index (χ0n) is 8.72. The van der Waals surface area contributed by atoms with Crippen LogP contribution in [-0.4, -0.2) is 6.08 Å². The molecule has 0 radical (unpaired) electrons. The van der Waals surface area contributed by atoms with E-state index in [1.165, 1.54) is 0 Å². The molecule has 3 heteroatoms. The Morgan fingerprint density at radius 2 is 2.38 bits per heavy atom. The number of rotatable bonds is 4. The molecule has 1 aromatic carbocycles. The van der Waals surface area contributed by atoms with E-state index in [-0.39, 0.29) is 6.04 Å². The lowest BCUT2D eigenvalue weighted by atomic mass is 10.0. The van der Waals surface area contributed by atoms with Gasteiger partial charge in [0.25, 0.3) is 0 Å². The Morgan fingerprint density at radius 3 is 3.12 bits per heavy atom. The molecule has 0 saturated heterocycles. The minimum Gasteiger partial charge on any atom is -0.464 e. The molecule has 0 N–H and O–H groups in total. The summed E-state index contributed by atoms with van der Waals surface area (Å²) in [6.45, 7) is 3.65. The molecular formula is C13H11NO2. The molecule has 0 aliphatic heterocycles. The number of isocyanates is 1. The molecule has 2 aromatic rings. The SMILES string of the molecule is C=CC[C@@H](N=C=O)c1ccc2occc2c1. The third kappa shape index (κ3) is 1.95. The molecule has 16 heavy (non-hydrogen) atoms. The first-order valence-electron chi connectivity index (χ1n) is 5.00. The molecule has 1 aromatic heterocycles. The maximum Gasteiger partial charge on any atom is 0.235 e. The first-order chi connectivity index (χ1) is 7.85. The second kappa shape index (κ2) is 4.60. The topological polar surface area (TPSA) is 42.6 Å². The number of benzene rings is 1. The van der Waals surface area contributed by atoms with Gasteiger partial charge in [0.15, 0.2) is 0 Å². The number of nitrogens with zero attached hydrogens (tertiary/aromatic N) is 1. The van der Waals surface area contributed by atoms with Crippen LogP contribution < -0.4 is 0 Å². The van der Waals surface area contributed by atoms with Crippen LogP contribution in [0.25, 0.3) is 11.0 Å². The van der Waals surface area contributed by atoms with Gasteiger partial charge in [-0.05, 0) is 30.2 Å². The fourth-order valence-electron chi connectivity index (χ4n) is 1.68. The number of furan rings is 1. The van der Waals surface area contributed by atoms with Crippen molar-refractivity contribution in [2.45, 2.75) is 12.5 Å². The smallest absolute Gasteiger partial charge is 0.235 e. The molecule has 0 unspecified atom stereocenters.